The molecule has 1 atom stereocenters. The molecule has 2 rings (SSSR count). The van der Waals surface area contributed by atoms with Gasteiger partial charge in [0.2, 0.25) is 12.3 Å². The number of rotatable bonds is 5. The van der Waals surface area contributed by atoms with Crippen LogP contribution in [0.15, 0.2) is 35.1 Å². The van der Waals surface area contributed by atoms with Gasteiger partial charge in [0.1, 0.15) is 0 Å². The first-order chi connectivity index (χ1) is 9.69. The summed E-state index contributed by atoms with van der Waals surface area (Å²) in [4.78, 5) is 11.8. The van der Waals surface area contributed by atoms with Crippen molar-refractivity contribution in [2.75, 3.05) is 5.32 Å². The van der Waals surface area contributed by atoms with E-state index in [0.717, 1.165) is 18.4 Å². The second-order valence-corrected chi connectivity index (χ2v) is 4.61. The van der Waals surface area contributed by atoms with Gasteiger partial charge in [-0.2, -0.15) is 0 Å². The third kappa shape index (κ3) is 3.81. The molecular weight excluding hydrogens is 256 g/mol. The van der Waals surface area contributed by atoms with Crippen molar-refractivity contribution in [3.8, 4) is 11.5 Å². The first-order valence-electron chi connectivity index (χ1n) is 6.63. The summed E-state index contributed by atoms with van der Waals surface area (Å²) in [6.07, 6.45) is 3.26. The molecule has 0 bridgehead atoms. The molecule has 0 saturated heterocycles. The zero-order valence-electron chi connectivity index (χ0n) is 11.6. The maximum Gasteiger partial charge on any atom is 0.319 e. The lowest BCUT2D eigenvalue weighted by atomic mass is 10.2. The van der Waals surface area contributed by atoms with Gasteiger partial charge < -0.3 is 15.1 Å². The van der Waals surface area contributed by atoms with Crippen LogP contribution in [0.4, 0.5) is 10.5 Å². The quantitative estimate of drug-likeness (QED) is 0.878. The Hall–Kier alpha value is -2.37. The molecule has 6 heteroatoms. The van der Waals surface area contributed by atoms with Crippen LogP contribution < -0.4 is 10.6 Å². The number of carbonyl (C=O) groups excluding carboxylic acids is 1. The molecule has 2 amide bonds. The Morgan fingerprint density at radius 1 is 1.45 bits per heavy atom. The lowest BCUT2D eigenvalue weighted by molar-refractivity contribution is 0.248. The number of hydrogen-bond donors (Lipinski definition) is 2. The van der Waals surface area contributed by atoms with E-state index in [1.807, 2.05) is 25.1 Å². The summed E-state index contributed by atoms with van der Waals surface area (Å²) in [5, 5.41) is 13.1. The summed E-state index contributed by atoms with van der Waals surface area (Å²) in [7, 11) is 0. The number of nitrogens with zero attached hydrogens (tertiary/aromatic N) is 2. The number of benzene rings is 1. The Morgan fingerprint density at radius 2 is 2.30 bits per heavy atom. The minimum Gasteiger partial charge on any atom is -0.423 e. The Bertz CT molecular complexity index is 554. The average molecular weight is 274 g/mol. The van der Waals surface area contributed by atoms with Crippen LogP contribution in [-0.2, 0) is 0 Å². The third-order valence-corrected chi connectivity index (χ3v) is 2.83. The predicted octanol–water partition coefficient (Wildman–Crippen LogP) is 3.05. The number of hydrogen-bond acceptors (Lipinski definition) is 4. The summed E-state index contributed by atoms with van der Waals surface area (Å²) in [6.45, 7) is 4.07. The molecular formula is C14H18N4O2. The monoisotopic (exact) mass is 274 g/mol. The van der Waals surface area contributed by atoms with E-state index in [1.54, 1.807) is 6.07 Å². The third-order valence-electron chi connectivity index (χ3n) is 2.83. The number of carbonyl (C=O) groups is 1. The Balaban J connectivity index is 1.99. The molecule has 0 unspecified atom stereocenters. The molecule has 2 N–H and O–H groups in total. The molecule has 2 aromatic rings. The van der Waals surface area contributed by atoms with Crippen molar-refractivity contribution in [2.24, 2.45) is 0 Å². The van der Waals surface area contributed by atoms with Crippen molar-refractivity contribution in [1.82, 2.24) is 15.5 Å². The van der Waals surface area contributed by atoms with Crippen molar-refractivity contribution in [3.05, 3.63) is 30.7 Å². The lowest BCUT2D eigenvalue weighted by Crippen LogP contribution is -2.35. The highest BCUT2D eigenvalue weighted by Gasteiger charge is 2.08. The van der Waals surface area contributed by atoms with Gasteiger partial charge in [0.05, 0.1) is 0 Å². The molecule has 1 aromatic carbocycles. The standard InChI is InChI=1S/C14H18N4O2/c1-3-5-10(2)16-14(19)17-12-7-4-6-11(8-12)13-18-15-9-20-13/h4,6-10H,3,5H2,1-2H3,(H2,16,17,19)/t10-/m0/s1. The van der Waals surface area contributed by atoms with E-state index in [4.69, 9.17) is 4.42 Å². The summed E-state index contributed by atoms with van der Waals surface area (Å²) in [6, 6.07) is 7.20. The van der Waals surface area contributed by atoms with E-state index in [9.17, 15) is 4.79 Å². The summed E-state index contributed by atoms with van der Waals surface area (Å²) < 4.78 is 5.13. The highest BCUT2D eigenvalue weighted by Crippen LogP contribution is 2.20. The Morgan fingerprint density at radius 3 is 3.00 bits per heavy atom. The normalized spacial score (nSPS) is 11.9. The van der Waals surface area contributed by atoms with Gasteiger partial charge in [0.15, 0.2) is 0 Å². The van der Waals surface area contributed by atoms with Gasteiger partial charge in [-0.1, -0.05) is 19.4 Å². The fraction of sp³-hybridized carbons (Fsp3) is 0.357. The van der Waals surface area contributed by atoms with Crippen LogP contribution in [0.3, 0.4) is 0 Å². The second kappa shape index (κ2) is 6.70. The van der Waals surface area contributed by atoms with Crippen LogP contribution in [0, 0.1) is 0 Å². The molecule has 0 spiro atoms. The molecule has 20 heavy (non-hydrogen) atoms. The zero-order chi connectivity index (χ0) is 14.4. The van der Waals surface area contributed by atoms with Gasteiger partial charge in [-0.3, -0.25) is 0 Å². The fourth-order valence-electron chi connectivity index (χ4n) is 1.92. The molecule has 0 saturated carbocycles. The molecule has 1 heterocycles. The summed E-state index contributed by atoms with van der Waals surface area (Å²) in [5.41, 5.74) is 1.45. The first kappa shape index (κ1) is 14.0. The Labute approximate surface area is 117 Å². The van der Waals surface area contributed by atoms with E-state index in [2.05, 4.69) is 27.8 Å². The maximum absolute atomic E-state index is 11.8. The SMILES string of the molecule is CCC[C@H](C)NC(=O)Nc1cccc(-c2nnco2)c1. The molecule has 1 aromatic heterocycles. The van der Waals surface area contributed by atoms with Gasteiger partial charge in [-0.15, -0.1) is 10.2 Å². The minimum absolute atomic E-state index is 0.152. The van der Waals surface area contributed by atoms with Crippen molar-refractivity contribution >= 4 is 11.7 Å². The zero-order valence-corrected chi connectivity index (χ0v) is 11.6. The molecule has 0 radical (unpaired) electrons. The topological polar surface area (TPSA) is 80.0 Å². The maximum atomic E-state index is 11.8. The summed E-state index contributed by atoms with van der Waals surface area (Å²) >= 11 is 0. The van der Waals surface area contributed by atoms with Crippen molar-refractivity contribution in [1.29, 1.82) is 0 Å². The molecule has 106 valence electrons. The first-order valence-corrected chi connectivity index (χ1v) is 6.63. The van der Waals surface area contributed by atoms with Crippen molar-refractivity contribution in [2.45, 2.75) is 32.7 Å². The smallest absolute Gasteiger partial charge is 0.319 e. The fourth-order valence-corrected chi connectivity index (χ4v) is 1.92. The van der Waals surface area contributed by atoms with E-state index >= 15 is 0 Å². The lowest BCUT2D eigenvalue weighted by Gasteiger charge is -2.13. The summed E-state index contributed by atoms with van der Waals surface area (Å²) in [5.74, 6) is 0.424. The highest BCUT2D eigenvalue weighted by atomic mass is 16.4. The van der Waals surface area contributed by atoms with Crippen molar-refractivity contribution in [3.63, 3.8) is 0 Å². The van der Waals surface area contributed by atoms with Crippen LogP contribution in [0.25, 0.3) is 11.5 Å². The molecule has 0 aliphatic carbocycles. The van der Waals surface area contributed by atoms with Crippen LogP contribution in [0.5, 0.6) is 0 Å². The number of nitrogens with one attached hydrogen (secondary N) is 2. The van der Waals surface area contributed by atoms with Gasteiger partial charge in [-0.25, -0.2) is 4.79 Å². The Kier molecular flexibility index (Phi) is 4.70. The van der Waals surface area contributed by atoms with E-state index in [0.29, 0.717) is 11.6 Å². The second-order valence-electron chi connectivity index (χ2n) is 4.61. The van der Waals surface area contributed by atoms with Gasteiger partial charge >= 0.3 is 6.03 Å². The predicted molar refractivity (Wildman–Crippen MR) is 76.3 cm³/mol. The molecule has 0 fully saturated rings. The van der Waals surface area contributed by atoms with Crippen molar-refractivity contribution < 1.29 is 9.21 Å². The van der Waals surface area contributed by atoms with Gasteiger partial charge in [-0.05, 0) is 31.5 Å². The van der Waals surface area contributed by atoms with E-state index in [-0.39, 0.29) is 12.1 Å². The number of anilines is 1. The van der Waals surface area contributed by atoms with E-state index in [1.165, 1.54) is 6.39 Å². The largest absolute Gasteiger partial charge is 0.423 e. The van der Waals surface area contributed by atoms with Crippen LogP contribution in [0.2, 0.25) is 0 Å². The van der Waals surface area contributed by atoms with E-state index < -0.39 is 0 Å². The number of urea groups is 1. The number of amides is 2. The van der Waals surface area contributed by atoms with Crippen LogP contribution >= 0.6 is 0 Å². The molecule has 0 aliphatic heterocycles. The minimum atomic E-state index is -0.214. The van der Waals surface area contributed by atoms with Crippen LogP contribution in [-0.4, -0.2) is 22.3 Å². The number of aromatic nitrogens is 2. The van der Waals surface area contributed by atoms with Crippen LogP contribution in [0.1, 0.15) is 26.7 Å². The van der Waals surface area contributed by atoms with Gasteiger partial charge in [0, 0.05) is 17.3 Å². The molecule has 6 nitrogen and oxygen atoms in total. The molecule has 0 aliphatic rings. The highest BCUT2D eigenvalue weighted by molar-refractivity contribution is 5.90. The average Bonchev–Trinajstić information content (AvgIpc) is 2.92. The van der Waals surface area contributed by atoms with Gasteiger partial charge in [0.25, 0.3) is 0 Å².